The van der Waals surface area contributed by atoms with Gasteiger partial charge in [0, 0.05) is 19.5 Å². The van der Waals surface area contributed by atoms with Crippen LogP contribution < -0.4 is 0 Å². The molecule has 1 atom stereocenters. The Bertz CT molecular complexity index is 481. The van der Waals surface area contributed by atoms with Gasteiger partial charge in [0.2, 0.25) is 5.91 Å². The third-order valence-corrected chi connectivity index (χ3v) is 3.87. The normalized spacial score (nSPS) is 18.2. The fourth-order valence-electron chi connectivity index (χ4n) is 2.54. The van der Waals surface area contributed by atoms with Crippen LogP contribution in [0.2, 0.25) is 0 Å². The fraction of sp³-hybridized carbons (Fsp3) is 0.500. The molecule has 1 aliphatic rings. The van der Waals surface area contributed by atoms with Gasteiger partial charge in [-0.3, -0.25) is 9.59 Å². The van der Waals surface area contributed by atoms with E-state index in [-0.39, 0.29) is 11.8 Å². The van der Waals surface area contributed by atoms with Gasteiger partial charge in [-0.05, 0) is 31.7 Å². The number of carbonyl (C=O) groups is 2. The molecule has 1 N–H and O–H groups in total. The summed E-state index contributed by atoms with van der Waals surface area (Å²) < 4.78 is 0. The Balaban J connectivity index is 1.73. The van der Waals surface area contributed by atoms with Crippen molar-refractivity contribution >= 4 is 11.9 Å². The quantitative estimate of drug-likeness (QED) is 0.896. The molecular formula is C16H21NO3. The molecule has 4 heteroatoms. The van der Waals surface area contributed by atoms with Crippen LogP contribution in [0.1, 0.15) is 30.4 Å². The first-order chi connectivity index (χ1) is 9.56. The summed E-state index contributed by atoms with van der Waals surface area (Å²) in [5.41, 5.74) is 2.48. The lowest BCUT2D eigenvalue weighted by Crippen LogP contribution is -2.29. The Kier molecular flexibility index (Phi) is 4.77. The van der Waals surface area contributed by atoms with Crippen molar-refractivity contribution in [2.24, 2.45) is 5.92 Å². The summed E-state index contributed by atoms with van der Waals surface area (Å²) in [6.07, 6.45) is 2.79. The van der Waals surface area contributed by atoms with Crippen LogP contribution >= 0.6 is 0 Å². The Labute approximate surface area is 119 Å². The lowest BCUT2D eigenvalue weighted by Gasteiger charge is -2.15. The number of hydrogen-bond donors (Lipinski definition) is 1. The zero-order valence-corrected chi connectivity index (χ0v) is 11.8. The average Bonchev–Trinajstić information content (AvgIpc) is 2.91. The van der Waals surface area contributed by atoms with E-state index in [2.05, 4.69) is 31.2 Å². The molecule has 20 heavy (non-hydrogen) atoms. The molecule has 0 saturated carbocycles. The van der Waals surface area contributed by atoms with E-state index in [4.69, 9.17) is 5.11 Å². The maximum Gasteiger partial charge on any atom is 0.308 e. The van der Waals surface area contributed by atoms with Gasteiger partial charge < -0.3 is 10.0 Å². The third-order valence-electron chi connectivity index (χ3n) is 3.87. The maximum atomic E-state index is 12.0. The smallest absolute Gasteiger partial charge is 0.308 e. The Morgan fingerprint density at radius 3 is 2.60 bits per heavy atom. The molecule has 0 radical (unpaired) electrons. The predicted octanol–water partition coefficient (Wildman–Crippen LogP) is 2.25. The zero-order valence-electron chi connectivity index (χ0n) is 11.8. The summed E-state index contributed by atoms with van der Waals surface area (Å²) in [5.74, 6) is -1.09. The number of amides is 1. The molecular weight excluding hydrogens is 254 g/mol. The third kappa shape index (κ3) is 3.83. The Morgan fingerprint density at radius 1 is 1.30 bits per heavy atom. The van der Waals surface area contributed by atoms with E-state index >= 15 is 0 Å². The van der Waals surface area contributed by atoms with Crippen LogP contribution in [0.15, 0.2) is 24.3 Å². The van der Waals surface area contributed by atoms with Gasteiger partial charge in [-0.1, -0.05) is 29.8 Å². The van der Waals surface area contributed by atoms with E-state index in [1.54, 1.807) is 4.90 Å². The van der Waals surface area contributed by atoms with Crippen molar-refractivity contribution in [3.63, 3.8) is 0 Å². The van der Waals surface area contributed by atoms with Crippen molar-refractivity contribution < 1.29 is 14.7 Å². The topological polar surface area (TPSA) is 57.6 Å². The molecule has 0 aromatic heterocycles. The van der Waals surface area contributed by atoms with Gasteiger partial charge in [-0.15, -0.1) is 0 Å². The second-order valence-corrected chi connectivity index (χ2v) is 5.50. The number of carbonyl (C=O) groups excluding carboxylic acids is 1. The van der Waals surface area contributed by atoms with Crippen molar-refractivity contribution in [3.8, 4) is 0 Å². The van der Waals surface area contributed by atoms with Gasteiger partial charge in [0.25, 0.3) is 0 Å². The van der Waals surface area contributed by atoms with Crippen LogP contribution in [0, 0.1) is 12.8 Å². The van der Waals surface area contributed by atoms with Crippen molar-refractivity contribution in [1.29, 1.82) is 0 Å². The summed E-state index contributed by atoms with van der Waals surface area (Å²) in [4.78, 5) is 24.5. The minimum absolute atomic E-state index is 0.0841. The summed E-state index contributed by atoms with van der Waals surface area (Å²) in [7, 11) is 0. The van der Waals surface area contributed by atoms with Crippen LogP contribution in [-0.4, -0.2) is 35.0 Å². The first-order valence-corrected chi connectivity index (χ1v) is 7.12. The number of aryl methyl sites for hydroxylation is 2. The summed E-state index contributed by atoms with van der Waals surface area (Å²) in [5, 5.41) is 8.92. The summed E-state index contributed by atoms with van der Waals surface area (Å²) >= 11 is 0. The van der Waals surface area contributed by atoms with E-state index in [0.29, 0.717) is 25.9 Å². The maximum absolute atomic E-state index is 12.0. The first kappa shape index (κ1) is 14.6. The highest BCUT2D eigenvalue weighted by Gasteiger charge is 2.30. The molecule has 1 fully saturated rings. The molecule has 1 unspecified atom stereocenters. The summed E-state index contributed by atoms with van der Waals surface area (Å²) in [6, 6.07) is 8.34. The average molecular weight is 275 g/mol. The molecule has 108 valence electrons. The number of benzene rings is 1. The molecule has 4 nitrogen and oxygen atoms in total. The minimum atomic E-state index is -0.792. The molecule has 2 rings (SSSR count). The van der Waals surface area contributed by atoms with Crippen LogP contribution in [0.25, 0.3) is 0 Å². The molecule has 1 amide bonds. The van der Waals surface area contributed by atoms with Crippen LogP contribution in [0.4, 0.5) is 0 Å². The molecule has 0 bridgehead atoms. The number of aliphatic carboxylic acids is 1. The van der Waals surface area contributed by atoms with Crippen LogP contribution in [-0.2, 0) is 16.0 Å². The number of rotatable bonds is 5. The number of carboxylic acids is 1. The van der Waals surface area contributed by atoms with E-state index in [1.807, 2.05) is 0 Å². The standard InChI is InChI=1S/C16H21NO3/c1-12-5-7-13(8-6-12)3-2-4-15(18)17-10-9-14(11-17)16(19)20/h5-8,14H,2-4,9-11H2,1H3,(H,19,20). The highest BCUT2D eigenvalue weighted by molar-refractivity contribution is 5.78. The van der Waals surface area contributed by atoms with Gasteiger partial charge >= 0.3 is 5.97 Å². The number of carboxylic acid groups (broad SMARTS) is 1. The largest absolute Gasteiger partial charge is 0.481 e. The second-order valence-electron chi connectivity index (χ2n) is 5.50. The monoisotopic (exact) mass is 275 g/mol. The van der Waals surface area contributed by atoms with Crippen LogP contribution in [0.5, 0.6) is 0 Å². The van der Waals surface area contributed by atoms with E-state index < -0.39 is 5.97 Å². The molecule has 1 heterocycles. The molecule has 0 aliphatic carbocycles. The van der Waals surface area contributed by atoms with Gasteiger partial charge in [0.15, 0.2) is 0 Å². The lowest BCUT2D eigenvalue weighted by molar-refractivity contribution is -0.141. The molecule has 1 aromatic carbocycles. The van der Waals surface area contributed by atoms with E-state index in [1.165, 1.54) is 11.1 Å². The Morgan fingerprint density at radius 2 is 2.00 bits per heavy atom. The molecule has 1 saturated heterocycles. The van der Waals surface area contributed by atoms with Crippen molar-refractivity contribution in [2.75, 3.05) is 13.1 Å². The number of nitrogens with zero attached hydrogens (tertiary/aromatic N) is 1. The lowest BCUT2D eigenvalue weighted by atomic mass is 10.1. The number of likely N-dealkylation sites (tertiary alicyclic amines) is 1. The zero-order chi connectivity index (χ0) is 14.5. The van der Waals surface area contributed by atoms with Gasteiger partial charge in [-0.2, -0.15) is 0 Å². The molecule has 1 aromatic rings. The van der Waals surface area contributed by atoms with Crippen molar-refractivity contribution in [3.05, 3.63) is 35.4 Å². The second kappa shape index (κ2) is 6.55. The van der Waals surface area contributed by atoms with Crippen molar-refractivity contribution in [2.45, 2.75) is 32.6 Å². The molecule has 1 aliphatic heterocycles. The highest BCUT2D eigenvalue weighted by atomic mass is 16.4. The minimum Gasteiger partial charge on any atom is -0.481 e. The first-order valence-electron chi connectivity index (χ1n) is 7.12. The summed E-state index contributed by atoms with van der Waals surface area (Å²) in [6.45, 7) is 3.01. The fourth-order valence-corrected chi connectivity index (χ4v) is 2.54. The highest BCUT2D eigenvalue weighted by Crippen LogP contribution is 2.18. The number of hydrogen-bond acceptors (Lipinski definition) is 2. The van der Waals surface area contributed by atoms with Crippen molar-refractivity contribution in [1.82, 2.24) is 4.90 Å². The van der Waals surface area contributed by atoms with E-state index in [0.717, 1.165) is 12.8 Å². The molecule has 0 spiro atoms. The van der Waals surface area contributed by atoms with E-state index in [9.17, 15) is 9.59 Å². The van der Waals surface area contributed by atoms with Gasteiger partial charge in [-0.25, -0.2) is 0 Å². The SMILES string of the molecule is Cc1ccc(CCCC(=O)N2CCC(C(=O)O)C2)cc1. The Hall–Kier alpha value is -1.84. The predicted molar refractivity (Wildman–Crippen MR) is 76.4 cm³/mol. The van der Waals surface area contributed by atoms with Gasteiger partial charge in [0.1, 0.15) is 0 Å². The van der Waals surface area contributed by atoms with Crippen LogP contribution in [0.3, 0.4) is 0 Å². The van der Waals surface area contributed by atoms with Gasteiger partial charge in [0.05, 0.1) is 5.92 Å².